The van der Waals surface area contributed by atoms with E-state index in [1.54, 1.807) is 0 Å². The van der Waals surface area contributed by atoms with Gasteiger partial charge in [-0.1, -0.05) is 11.6 Å². The molecule has 0 bridgehead atoms. The SMILES string of the molecule is CCS(=O)(=O)Nc1cc(N)c(F)cc1Cl. The molecular formula is C8H10ClFN2O2S. The maximum Gasteiger partial charge on any atom is 0.232 e. The first kappa shape index (κ1) is 12.1. The van der Waals surface area contributed by atoms with Crippen molar-refractivity contribution in [1.29, 1.82) is 0 Å². The molecule has 0 saturated carbocycles. The Morgan fingerprint density at radius 1 is 1.53 bits per heavy atom. The van der Waals surface area contributed by atoms with E-state index in [1.807, 2.05) is 0 Å². The Labute approximate surface area is 92.3 Å². The van der Waals surface area contributed by atoms with Crippen LogP contribution >= 0.6 is 11.6 Å². The summed E-state index contributed by atoms with van der Waals surface area (Å²) in [6.45, 7) is 1.48. The molecule has 1 aromatic carbocycles. The van der Waals surface area contributed by atoms with Gasteiger partial charge >= 0.3 is 0 Å². The number of benzene rings is 1. The molecule has 84 valence electrons. The lowest BCUT2D eigenvalue weighted by atomic mass is 10.3. The van der Waals surface area contributed by atoms with Crippen molar-refractivity contribution in [3.05, 3.63) is 23.0 Å². The highest BCUT2D eigenvalue weighted by Gasteiger charge is 2.12. The molecule has 0 atom stereocenters. The van der Waals surface area contributed by atoms with E-state index in [-0.39, 0.29) is 22.2 Å². The van der Waals surface area contributed by atoms with Crippen LogP contribution in [-0.4, -0.2) is 14.2 Å². The molecular weight excluding hydrogens is 243 g/mol. The number of nitrogens with one attached hydrogen (secondary N) is 1. The lowest BCUT2D eigenvalue weighted by Gasteiger charge is -2.09. The van der Waals surface area contributed by atoms with E-state index in [2.05, 4.69) is 4.72 Å². The van der Waals surface area contributed by atoms with Gasteiger partial charge in [0.05, 0.1) is 22.2 Å². The van der Waals surface area contributed by atoms with Gasteiger partial charge in [0, 0.05) is 0 Å². The number of nitrogens with two attached hydrogens (primary N) is 1. The number of nitrogen functional groups attached to an aromatic ring is 1. The van der Waals surface area contributed by atoms with E-state index in [1.165, 1.54) is 6.92 Å². The molecule has 0 aliphatic heterocycles. The van der Waals surface area contributed by atoms with Gasteiger partial charge in [-0.05, 0) is 19.1 Å². The van der Waals surface area contributed by atoms with E-state index in [4.69, 9.17) is 17.3 Å². The van der Waals surface area contributed by atoms with Gasteiger partial charge in [-0.15, -0.1) is 0 Å². The quantitative estimate of drug-likeness (QED) is 0.806. The summed E-state index contributed by atoms with van der Waals surface area (Å²) in [4.78, 5) is 0. The molecule has 4 nitrogen and oxygen atoms in total. The van der Waals surface area contributed by atoms with Crippen LogP contribution < -0.4 is 10.5 Å². The van der Waals surface area contributed by atoms with Crippen molar-refractivity contribution >= 4 is 33.0 Å². The Bertz CT molecular complexity index is 476. The molecule has 0 saturated heterocycles. The van der Waals surface area contributed by atoms with Crippen LogP contribution in [0.15, 0.2) is 12.1 Å². The molecule has 0 spiro atoms. The minimum Gasteiger partial charge on any atom is -0.396 e. The highest BCUT2D eigenvalue weighted by molar-refractivity contribution is 7.92. The zero-order valence-corrected chi connectivity index (χ0v) is 9.49. The molecule has 1 rings (SSSR count). The van der Waals surface area contributed by atoms with Gasteiger partial charge in [-0.3, -0.25) is 4.72 Å². The third-order valence-electron chi connectivity index (χ3n) is 1.73. The van der Waals surface area contributed by atoms with Crippen molar-refractivity contribution in [3.8, 4) is 0 Å². The zero-order valence-electron chi connectivity index (χ0n) is 7.92. The predicted molar refractivity (Wildman–Crippen MR) is 58.9 cm³/mol. The first-order chi connectivity index (χ1) is 6.85. The van der Waals surface area contributed by atoms with Crippen molar-refractivity contribution in [3.63, 3.8) is 0 Å². The number of hydrogen-bond donors (Lipinski definition) is 2. The van der Waals surface area contributed by atoms with Gasteiger partial charge in [0.15, 0.2) is 0 Å². The average Bonchev–Trinajstić information content (AvgIpc) is 2.14. The van der Waals surface area contributed by atoms with E-state index in [9.17, 15) is 12.8 Å². The van der Waals surface area contributed by atoms with Crippen molar-refractivity contribution in [2.24, 2.45) is 0 Å². The Kier molecular flexibility index (Phi) is 3.41. The Hall–Kier alpha value is -1.01. The molecule has 15 heavy (non-hydrogen) atoms. The molecule has 1 aromatic rings. The van der Waals surface area contributed by atoms with E-state index in [0.29, 0.717) is 0 Å². The largest absolute Gasteiger partial charge is 0.396 e. The second-order valence-corrected chi connectivity index (χ2v) is 5.28. The van der Waals surface area contributed by atoms with Crippen LogP contribution in [0.25, 0.3) is 0 Å². The number of halogens is 2. The highest BCUT2D eigenvalue weighted by Crippen LogP contribution is 2.27. The Balaban J connectivity index is 3.12. The second-order valence-electron chi connectivity index (χ2n) is 2.86. The lowest BCUT2D eigenvalue weighted by molar-refractivity contribution is 0.602. The standard InChI is InChI=1S/C8H10ClFN2O2S/c1-2-15(13,14)12-8-4-7(11)6(10)3-5(8)9/h3-4,12H,2,11H2,1H3. The van der Waals surface area contributed by atoms with Crippen LogP contribution in [0.5, 0.6) is 0 Å². The minimum absolute atomic E-state index is 0.0290. The van der Waals surface area contributed by atoms with Gasteiger partial charge in [-0.2, -0.15) is 0 Å². The maximum atomic E-state index is 12.9. The molecule has 0 aromatic heterocycles. The molecule has 0 fully saturated rings. The Morgan fingerprint density at radius 3 is 2.67 bits per heavy atom. The molecule has 3 N–H and O–H groups in total. The van der Waals surface area contributed by atoms with Crippen LogP contribution in [0.3, 0.4) is 0 Å². The van der Waals surface area contributed by atoms with Gasteiger partial charge in [-0.25, -0.2) is 12.8 Å². The third-order valence-corrected chi connectivity index (χ3v) is 3.34. The topological polar surface area (TPSA) is 72.2 Å². The fraction of sp³-hybridized carbons (Fsp3) is 0.250. The monoisotopic (exact) mass is 252 g/mol. The summed E-state index contributed by atoms with van der Waals surface area (Å²) in [5.74, 6) is -0.778. The molecule has 7 heteroatoms. The summed E-state index contributed by atoms with van der Waals surface area (Å²) in [6.07, 6.45) is 0. The van der Waals surface area contributed by atoms with Crippen LogP contribution in [-0.2, 0) is 10.0 Å². The van der Waals surface area contributed by atoms with Crippen molar-refractivity contribution in [1.82, 2.24) is 0 Å². The van der Waals surface area contributed by atoms with Crippen LogP contribution in [0.4, 0.5) is 15.8 Å². The smallest absolute Gasteiger partial charge is 0.232 e. The molecule has 0 radical (unpaired) electrons. The van der Waals surface area contributed by atoms with Gasteiger partial charge in [0.1, 0.15) is 5.82 Å². The summed E-state index contributed by atoms with van der Waals surface area (Å²) >= 11 is 5.64. The Morgan fingerprint density at radius 2 is 2.13 bits per heavy atom. The summed E-state index contributed by atoms with van der Waals surface area (Å²) in [7, 11) is -3.44. The predicted octanol–water partition coefficient (Wildman–Crippen LogP) is 1.82. The van der Waals surface area contributed by atoms with Crippen LogP contribution in [0, 0.1) is 5.82 Å². The van der Waals surface area contributed by atoms with Gasteiger partial charge in [0.2, 0.25) is 10.0 Å². The molecule has 0 aliphatic carbocycles. The normalized spacial score (nSPS) is 11.4. The summed E-state index contributed by atoms with van der Waals surface area (Å²) < 4.78 is 37.5. The third kappa shape index (κ3) is 2.97. The van der Waals surface area contributed by atoms with Crippen molar-refractivity contribution in [2.45, 2.75) is 6.92 Å². The summed E-state index contributed by atoms with van der Waals surface area (Å²) in [5.41, 5.74) is 5.20. The number of anilines is 2. The number of sulfonamides is 1. The minimum atomic E-state index is -3.44. The average molecular weight is 253 g/mol. The highest BCUT2D eigenvalue weighted by atomic mass is 35.5. The molecule has 0 aliphatic rings. The van der Waals surface area contributed by atoms with Crippen LogP contribution in [0.1, 0.15) is 6.92 Å². The summed E-state index contributed by atoms with van der Waals surface area (Å²) in [5, 5.41) is -0.0290. The van der Waals surface area contributed by atoms with Gasteiger partial charge in [0.25, 0.3) is 0 Å². The maximum absolute atomic E-state index is 12.9. The van der Waals surface area contributed by atoms with Crippen molar-refractivity contribution in [2.75, 3.05) is 16.2 Å². The van der Waals surface area contributed by atoms with E-state index in [0.717, 1.165) is 12.1 Å². The fourth-order valence-electron chi connectivity index (χ4n) is 0.884. The molecule has 0 amide bonds. The fourth-order valence-corrected chi connectivity index (χ4v) is 1.79. The van der Waals surface area contributed by atoms with Crippen molar-refractivity contribution < 1.29 is 12.8 Å². The molecule has 0 unspecified atom stereocenters. The van der Waals surface area contributed by atoms with E-state index < -0.39 is 15.8 Å². The number of rotatable bonds is 3. The second kappa shape index (κ2) is 4.24. The van der Waals surface area contributed by atoms with Crippen LogP contribution in [0.2, 0.25) is 5.02 Å². The van der Waals surface area contributed by atoms with E-state index >= 15 is 0 Å². The zero-order chi connectivity index (χ0) is 11.6. The van der Waals surface area contributed by atoms with Gasteiger partial charge < -0.3 is 5.73 Å². The summed E-state index contributed by atoms with van der Waals surface area (Å²) in [6, 6.07) is 2.11. The lowest BCUT2D eigenvalue weighted by Crippen LogP contribution is -2.15. The molecule has 0 heterocycles. The first-order valence-corrected chi connectivity index (χ1v) is 6.13. The first-order valence-electron chi connectivity index (χ1n) is 4.10. The number of hydrogen-bond acceptors (Lipinski definition) is 3.